The first-order valence-electron chi connectivity index (χ1n) is 6.81. The van der Waals surface area contributed by atoms with Crippen molar-refractivity contribution in [1.29, 1.82) is 0 Å². The van der Waals surface area contributed by atoms with Crippen molar-refractivity contribution in [2.45, 2.75) is 71.6 Å². The maximum atomic E-state index is 10.9. The van der Waals surface area contributed by atoms with Crippen LogP contribution in [0.15, 0.2) is 0 Å². The monoisotopic (exact) mass is 258 g/mol. The van der Waals surface area contributed by atoms with Crippen molar-refractivity contribution in [3.8, 4) is 0 Å². The van der Waals surface area contributed by atoms with Gasteiger partial charge >= 0.3 is 11.9 Å². The van der Waals surface area contributed by atoms with Crippen molar-refractivity contribution < 1.29 is 19.8 Å². The minimum atomic E-state index is -0.726. The van der Waals surface area contributed by atoms with Crippen LogP contribution >= 0.6 is 0 Å². The van der Waals surface area contributed by atoms with Gasteiger partial charge in [-0.1, -0.05) is 38.5 Å². The molecule has 0 aliphatic rings. The van der Waals surface area contributed by atoms with E-state index in [2.05, 4.69) is 0 Å². The Balaban J connectivity index is 3.31. The van der Waals surface area contributed by atoms with Crippen LogP contribution in [0.2, 0.25) is 0 Å². The highest BCUT2D eigenvalue weighted by atomic mass is 16.4. The summed E-state index contributed by atoms with van der Waals surface area (Å²) in [6.45, 7) is 3.53. The molecule has 0 amide bonds. The number of carboxylic acids is 2. The van der Waals surface area contributed by atoms with Gasteiger partial charge in [0.15, 0.2) is 0 Å². The van der Waals surface area contributed by atoms with Gasteiger partial charge < -0.3 is 10.2 Å². The number of aliphatic carboxylic acids is 2. The third kappa shape index (κ3) is 9.02. The zero-order valence-corrected chi connectivity index (χ0v) is 11.6. The molecule has 0 aliphatic carbocycles. The summed E-state index contributed by atoms with van der Waals surface area (Å²) < 4.78 is 0. The van der Waals surface area contributed by atoms with Gasteiger partial charge in [0, 0.05) is 6.42 Å². The molecule has 106 valence electrons. The second kappa shape index (κ2) is 8.95. The number of carbonyl (C=O) groups is 2. The van der Waals surface area contributed by atoms with Crippen molar-refractivity contribution in [2.24, 2.45) is 5.41 Å². The first-order chi connectivity index (χ1) is 8.36. The summed E-state index contributed by atoms with van der Waals surface area (Å²) in [5.74, 6) is -1.44. The van der Waals surface area contributed by atoms with E-state index in [1.165, 1.54) is 0 Å². The normalized spacial score (nSPS) is 11.4. The quantitative estimate of drug-likeness (QED) is 0.554. The maximum absolute atomic E-state index is 10.9. The van der Waals surface area contributed by atoms with Crippen molar-refractivity contribution in [3.05, 3.63) is 0 Å². The van der Waals surface area contributed by atoms with Crippen molar-refractivity contribution in [1.82, 2.24) is 0 Å². The van der Waals surface area contributed by atoms with Crippen molar-refractivity contribution in [3.63, 3.8) is 0 Å². The fourth-order valence-corrected chi connectivity index (χ4v) is 1.83. The van der Waals surface area contributed by atoms with E-state index in [0.717, 1.165) is 51.4 Å². The Bertz CT molecular complexity index is 259. The van der Waals surface area contributed by atoms with Gasteiger partial charge in [0.2, 0.25) is 0 Å². The molecule has 0 aromatic carbocycles. The molecule has 0 radical (unpaired) electrons. The van der Waals surface area contributed by atoms with Crippen LogP contribution in [0.4, 0.5) is 0 Å². The van der Waals surface area contributed by atoms with Gasteiger partial charge in [-0.05, 0) is 26.7 Å². The molecule has 0 saturated heterocycles. The lowest BCUT2D eigenvalue weighted by atomic mass is 9.87. The van der Waals surface area contributed by atoms with Gasteiger partial charge in [0.1, 0.15) is 0 Å². The first kappa shape index (κ1) is 16.9. The highest BCUT2D eigenvalue weighted by molar-refractivity contribution is 5.73. The average molecular weight is 258 g/mol. The lowest BCUT2D eigenvalue weighted by molar-refractivity contribution is -0.147. The van der Waals surface area contributed by atoms with Crippen molar-refractivity contribution >= 4 is 11.9 Å². The molecule has 0 spiro atoms. The zero-order valence-electron chi connectivity index (χ0n) is 11.6. The highest BCUT2D eigenvalue weighted by Gasteiger charge is 2.25. The first-order valence-corrected chi connectivity index (χ1v) is 6.81. The fourth-order valence-electron chi connectivity index (χ4n) is 1.83. The van der Waals surface area contributed by atoms with Crippen LogP contribution in [0.5, 0.6) is 0 Å². The Morgan fingerprint density at radius 3 is 1.72 bits per heavy atom. The van der Waals surface area contributed by atoms with E-state index >= 15 is 0 Å². The van der Waals surface area contributed by atoms with Crippen LogP contribution < -0.4 is 0 Å². The SMILES string of the molecule is CC(C)(CCCCCCCCCC(=O)O)C(=O)O. The Hall–Kier alpha value is -1.06. The van der Waals surface area contributed by atoms with E-state index in [-0.39, 0.29) is 6.42 Å². The maximum Gasteiger partial charge on any atom is 0.309 e. The summed E-state index contributed by atoms with van der Waals surface area (Å²) in [6.07, 6.45) is 8.07. The van der Waals surface area contributed by atoms with E-state index in [0.29, 0.717) is 0 Å². The molecular weight excluding hydrogens is 232 g/mol. The Morgan fingerprint density at radius 2 is 1.28 bits per heavy atom. The van der Waals surface area contributed by atoms with E-state index in [1.54, 1.807) is 13.8 Å². The minimum absolute atomic E-state index is 0.271. The Labute approximate surface area is 109 Å². The molecular formula is C14H26O4. The number of rotatable bonds is 11. The molecule has 0 bridgehead atoms. The van der Waals surface area contributed by atoms with E-state index in [9.17, 15) is 9.59 Å². The van der Waals surface area contributed by atoms with Gasteiger partial charge in [-0.25, -0.2) is 0 Å². The molecule has 18 heavy (non-hydrogen) atoms. The van der Waals surface area contributed by atoms with Gasteiger partial charge in [-0.15, -0.1) is 0 Å². The van der Waals surface area contributed by atoms with Gasteiger partial charge in [-0.2, -0.15) is 0 Å². The van der Waals surface area contributed by atoms with E-state index in [4.69, 9.17) is 10.2 Å². The van der Waals surface area contributed by atoms with Crippen LogP contribution in [0.1, 0.15) is 71.6 Å². The van der Waals surface area contributed by atoms with E-state index < -0.39 is 17.4 Å². The Kier molecular flexibility index (Phi) is 8.42. The number of carboxylic acid groups (broad SMARTS) is 2. The summed E-state index contributed by atoms with van der Waals surface area (Å²) in [7, 11) is 0. The molecule has 0 saturated carbocycles. The largest absolute Gasteiger partial charge is 0.481 e. The molecule has 0 rings (SSSR count). The number of hydrogen-bond acceptors (Lipinski definition) is 2. The standard InChI is InChI=1S/C14H26O4/c1-14(2,13(17)18)11-9-7-5-3-4-6-8-10-12(15)16/h3-11H2,1-2H3,(H,15,16)(H,17,18). The summed E-state index contributed by atoms with van der Waals surface area (Å²) in [5.41, 5.74) is -0.610. The summed E-state index contributed by atoms with van der Waals surface area (Å²) in [4.78, 5) is 21.1. The summed E-state index contributed by atoms with van der Waals surface area (Å²) in [6, 6.07) is 0. The fraction of sp³-hybridized carbons (Fsp3) is 0.857. The third-order valence-corrected chi connectivity index (χ3v) is 3.27. The lowest BCUT2D eigenvalue weighted by Gasteiger charge is -2.18. The van der Waals surface area contributed by atoms with Crippen LogP contribution in [0.3, 0.4) is 0 Å². The molecule has 0 fully saturated rings. The number of hydrogen-bond donors (Lipinski definition) is 2. The number of unbranched alkanes of at least 4 members (excludes halogenated alkanes) is 6. The van der Waals surface area contributed by atoms with Crippen LogP contribution in [0.25, 0.3) is 0 Å². The molecule has 4 nitrogen and oxygen atoms in total. The van der Waals surface area contributed by atoms with Gasteiger partial charge in [-0.3, -0.25) is 9.59 Å². The minimum Gasteiger partial charge on any atom is -0.481 e. The molecule has 0 heterocycles. The topological polar surface area (TPSA) is 74.6 Å². The van der Waals surface area contributed by atoms with Crippen molar-refractivity contribution in [2.75, 3.05) is 0 Å². The molecule has 0 aromatic rings. The zero-order chi connectivity index (χ0) is 14.0. The third-order valence-electron chi connectivity index (χ3n) is 3.27. The van der Waals surface area contributed by atoms with Gasteiger partial charge in [0.25, 0.3) is 0 Å². The molecule has 0 atom stereocenters. The second-order valence-electron chi connectivity index (χ2n) is 5.56. The molecule has 0 aliphatic heterocycles. The van der Waals surface area contributed by atoms with E-state index in [1.807, 2.05) is 0 Å². The molecule has 4 heteroatoms. The highest BCUT2D eigenvalue weighted by Crippen LogP contribution is 2.24. The smallest absolute Gasteiger partial charge is 0.309 e. The molecule has 0 unspecified atom stereocenters. The predicted molar refractivity (Wildman–Crippen MR) is 70.6 cm³/mol. The average Bonchev–Trinajstić information content (AvgIpc) is 2.26. The summed E-state index contributed by atoms with van der Waals surface area (Å²) >= 11 is 0. The van der Waals surface area contributed by atoms with Crippen LogP contribution in [0, 0.1) is 5.41 Å². The lowest BCUT2D eigenvalue weighted by Crippen LogP contribution is -2.23. The summed E-state index contributed by atoms with van der Waals surface area (Å²) in [5, 5.41) is 17.4. The molecule has 2 N–H and O–H groups in total. The predicted octanol–water partition coefficient (Wildman–Crippen LogP) is 3.69. The van der Waals surface area contributed by atoms with Crippen LogP contribution in [-0.2, 0) is 9.59 Å². The van der Waals surface area contributed by atoms with Crippen LogP contribution in [-0.4, -0.2) is 22.2 Å². The van der Waals surface area contributed by atoms with Gasteiger partial charge in [0.05, 0.1) is 5.41 Å². The molecule has 0 aromatic heterocycles. The second-order valence-corrected chi connectivity index (χ2v) is 5.56. The Morgan fingerprint density at radius 1 is 0.833 bits per heavy atom.